The van der Waals surface area contributed by atoms with Gasteiger partial charge in [-0.25, -0.2) is 0 Å². The Morgan fingerprint density at radius 2 is 2.12 bits per heavy atom. The van der Waals surface area contributed by atoms with Crippen molar-refractivity contribution >= 4 is 17.3 Å². The number of benzene rings is 1. The van der Waals surface area contributed by atoms with Gasteiger partial charge in [-0.1, -0.05) is 38.1 Å². The number of thiocarbonyl (C=S) groups is 1. The topological polar surface area (TPSA) is 24.1 Å². The van der Waals surface area contributed by atoms with Gasteiger partial charge in [0.25, 0.3) is 0 Å². The molecule has 1 aliphatic carbocycles. The monoisotopic (exact) mass is 248 g/mol. The van der Waals surface area contributed by atoms with Crippen molar-refractivity contribution in [1.29, 1.82) is 0 Å². The summed E-state index contributed by atoms with van der Waals surface area (Å²) in [4.78, 5) is 0. The highest BCUT2D eigenvalue weighted by molar-refractivity contribution is 7.80. The van der Waals surface area contributed by atoms with Gasteiger partial charge in [-0.3, -0.25) is 0 Å². The highest BCUT2D eigenvalue weighted by atomic mass is 32.1. The molecule has 2 nitrogen and oxygen atoms in total. The van der Waals surface area contributed by atoms with Gasteiger partial charge in [0.15, 0.2) is 5.11 Å². The fourth-order valence-corrected chi connectivity index (χ4v) is 2.29. The zero-order valence-corrected chi connectivity index (χ0v) is 11.3. The van der Waals surface area contributed by atoms with E-state index in [0.717, 1.165) is 18.2 Å². The second-order valence-electron chi connectivity index (χ2n) is 5.08. The van der Waals surface area contributed by atoms with Crippen LogP contribution in [0.2, 0.25) is 0 Å². The Morgan fingerprint density at radius 1 is 1.35 bits per heavy atom. The normalized spacial score (nSPS) is 17.2. The van der Waals surface area contributed by atoms with E-state index >= 15 is 0 Å². The molecule has 0 aromatic heterocycles. The van der Waals surface area contributed by atoms with Gasteiger partial charge < -0.3 is 10.6 Å². The summed E-state index contributed by atoms with van der Waals surface area (Å²) in [6, 6.07) is 8.65. The molecule has 0 saturated carbocycles. The van der Waals surface area contributed by atoms with Crippen LogP contribution in [0.5, 0.6) is 0 Å². The Labute approximate surface area is 109 Å². The van der Waals surface area contributed by atoms with Gasteiger partial charge in [-0.05, 0) is 35.7 Å². The van der Waals surface area contributed by atoms with Crippen molar-refractivity contribution in [3.8, 4) is 0 Å². The lowest BCUT2D eigenvalue weighted by Crippen LogP contribution is -2.40. The first-order valence-electron chi connectivity index (χ1n) is 6.26. The van der Waals surface area contributed by atoms with Crippen LogP contribution in [-0.4, -0.2) is 18.2 Å². The molecule has 0 spiro atoms. The molecule has 17 heavy (non-hydrogen) atoms. The van der Waals surface area contributed by atoms with E-state index < -0.39 is 0 Å². The van der Waals surface area contributed by atoms with Gasteiger partial charge in [0.05, 0.1) is 0 Å². The maximum Gasteiger partial charge on any atom is 0.166 e. The lowest BCUT2D eigenvalue weighted by Gasteiger charge is -2.30. The lowest BCUT2D eigenvalue weighted by atomic mass is 9.78. The average Bonchev–Trinajstić information content (AvgIpc) is 2.27. The molecular formula is C14H20N2S. The Balaban J connectivity index is 1.72. The number of hydrogen-bond donors (Lipinski definition) is 2. The highest BCUT2D eigenvalue weighted by Crippen LogP contribution is 2.33. The fourth-order valence-electron chi connectivity index (χ4n) is 2.12. The minimum absolute atomic E-state index is 0.624. The third-order valence-electron chi connectivity index (χ3n) is 3.14. The zero-order valence-electron chi connectivity index (χ0n) is 10.5. The largest absolute Gasteiger partial charge is 0.362 e. The number of nitrogens with one attached hydrogen (secondary N) is 2. The van der Waals surface area contributed by atoms with E-state index in [4.69, 9.17) is 12.2 Å². The highest BCUT2D eigenvalue weighted by Gasteiger charge is 2.24. The summed E-state index contributed by atoms with van der Waals surface area (Å²) in [5.41, 5.74) is 2.96. The molecule has 0 saturated heterocycles. The smallest absolute Gasteiger partial charge is 0.166 e. The van der Waals surface area contributed by atoms with Crippen LogP contribution in [0.15, 0.2) is 24.3 Å². The molecule has 0 bridgehead atoms. The van der Waals surface area contributed by atoms with Crippen LogP contribution >= 0.6 is 12.2 Å². The van der Waals surface area contributed by atoms with Crippen LogP contribution < -0.4 is 10.6 Å². The predicted molar refractivity (Wildman–Crippen MR) is 76.3 cm³/mol. The Kier molecular flexibility index (Phi) is 4.00. The Hall–Kier alpha value is -1.09. The standard InChI is InChI=1S/C14H20N2S/c1-10(2)8-15-14(17)16-9-12-7-11-5-3-4-6-13(11)12/h3-6,10,12H,7-9H2,1-2H3,(H2,15,16,17). The van der Waals surface area contributed by atoms with Crippen LogP contribution in [0.4, 0.5) is 0 Å². The molecule has 3 heteroatoms. The molecule has 92 valence electrons. The second-order valence-corrected chi connectivity index (χ2v) is 5.49. The lowest BCUT2D eigenvalue weighted by molar-refractivity contribution is 0.577. The summed E-state index contributed by atoms with van der Waals surface area (Å²) in [7, 11) is 0. The van der Waals surface area contributed by atoms with Gasteiger partial charge in [0, 0.05) is 19.0 Å². The third kappa shape index (κ3) is 3.19. The van der Waals surface area contributed by atoms with Crippen molar-refractivity contribution in [2.75, 3.05) is 13.1 Å². The molecule has 1 atom stereocenters. The third-order valence-corrected chi connectivity index (χ3v) is 3.43. The molecule has 0 heterocycles. The molecule has 1 aromatic carbocycles. The molecule has 1 aliphatic rings. The summed E-state index contributed by atoms with van der Waals surface area (Å²) >= 11 is 5.24. The predicted octanol–water partition coefficient (Wildman–Crippen LogP) is 2.45. The van der Waals surface area contributed by atoms with Crippen molar-refractivity contribution in [3.05, 3.63) is 35.4 Å². The summed E-state index contributed by atoms with van der Waals surface area (Å²) in [6.45, 7) is 6.24. The molecule has 0 aliphatic heterocycles. The summed E-state index contributed by atoms with van der Waals surface area (Å²) < 4.78 is 0. The first-order valence-corrected chi connectivity index (χ1v) is 6.67. The molecule has 2 rings (SSSR count). The summed E-state index contributed by atoms with van der Waals surface area (Å²) in [6.07, 6.45) is 1.18. The molecule has 0 radical (unpaired) electrons. The van der Waals surface area contributed by atoms with E-state index in [1.807, 2.05) is 0 Å². The van der Waals surface area contributed by atoms with E-state index in [0.29, 0.717) is 11.8 Å². The zero-order chi connectivity index (χ0) is 12.3. The van der Waals surface area contributed by atoms with E-state index in [9.17, 15) is 0 Å². The van der Waals surface area contributed by atoms with Crippen LogP contribution in [0, 0.1) is 5.92 Å². The molecule has 2 N–H and O–H groups in total. The number of fused-ring (bicyclic) bond motifs is 1. The van der Waals surface area contributed by atoms with E-state index in [-0.39, 0.29) is 0 Å². The van der Waals surface area contributed by atoms with Gasteiger partial charge in [0.1, 0.15) is 0 Å². The minimum Gasteiger partial charge on any atom is -0.362 e. The SMILES string of the molecule is CC(C)CNC(=S)NCC1Cc2ccccc21. The number of hydrogen-bond acceptors (Lipinski definition) is 1. The average molecular weight is 248 g/mol. The summed E-state index contributed by atoms with van der Waals surface area (Å²) in [5.74, 6) is 1.25. The van der Waals surface area contributed by atoms with Crippen molar-refractivity contribution in [2.24, 2.45) is 5.92 Å². The van der Waals surface area contributed by atoms with Crippen LogP contribution in [0.1, 0.15) is 30.9 Å². The maximum absolute atomic E-state index is 5.24. The number of rotatable bonds is 4. The van der Waals surface area contributed by atoms with Crippen molar-refractivity contribution in [1.82, 2.24) is 10.6 Å². The molecule has 0 amide bonds. The Bertz CT molecular complexity index is 401. The first-order chi connectivity index (χ1) is 8.16. The van der Waals surface area contributed by atoms with E-state index in [1.54, 1.807) is 0 Å². The van der Waals surface area contributed by atoms with Crippen LogP contribution in [-0.2, 0) is 6.42 Å². The summed E-state index contributed by atoms with van der Waals surface area (Å²) in [5, 5.41) is 7.31. The molecular weight excluding hydrogens is 228 g/mol. The maximum atomic E-state index is 5.24. The van der Waals surface area contributed by atoms with Crippen molar-refractivity contribution in [2.45, 2.75) is 26.2 Å². The van der Waals surface area contributed by atoms with Crippen LogP contribution in [0.25, 0.3) is 0 Å². The molecule has 0 fully saturated rings. The molecule has 1 unspecified atom stereocenters. The fraction of sp³-hybridized carbons (Fsp3) is 0.500. The van der Waals surface area contributed by atoms with Crippen molar-refractivity contribution in [3.63, 3.8) is 0 Å². The van der Waals surface area contributed by atoms with Gasteiger partial charge >= 0.3 is 0 Å². The first kappa shape index (κ1) is 12.4. The van der Waals surface area contributed by atoms with E-state index in [1.165, 1.54) is 17.5 Å². The van der Waals surface area contributed by atoms with Gasteiger partial charge in [-0.2, -0.15) is 0 Å². The van der Waals surface area contributed by atoms with Crippen LogP contribution in [0.3, 0.4) is 0 Å². The minimum atomic E-state index is 0.624. The molecule has 1 aromatic rings. The van der Waals surface area contributed by atoms with Gasteiger partial charge in [0.2, 0.25) is 0 Å². The Morgan fingerprint density at radius 3 is 2.82 bits per heavy atom. The quantitative estimate of drug-likeness (QED) is 0.800. The van der Waals surface area contributed by atoms with E-state index in [2.05, 4.69) is 48.7 Å². The second kappa shape index (κ2) is 5.50. The van der Waals surface area contributed by atoms with Gasteiger partial charge in [-0.15, -0.1) is 0 Å². The van der Waals surface area contributed by atoms with Crippen molar-refractivity contribution < 1.29 is 0 Å².